The average molecular weight is 384 g/mol. The molecule has 2 aromatic rings. The van der Waals surface area contributed by atoms with Gasteiger partial charge < -0.3 is 13.6 Å². The SMILES string of the molecule is CCCO[SiH](CCCOc1ccc(-c2ccc(C#N)cc2)cc1)OCCC. The Morgan fingerprint density at radius 2 is 1.37 bits per heavy atom. The van der Waals surface area contributed by atoms with E-state index in [1.54, 1.807) is 0 Å². The molecule has 0 radical (unpaired) electrons. The third-order valence-corrected chi connectivity index (χ3v) is 6.16. The van der Waals surface area contributed by atoms with Crippen molar-refractivity contribution in [3.05, 3.63) is 54.1 Å². The molecule has 0 bridgehead atoms. The van der Waals surface area contributed by atoms with Crippen LogP contribution in [-0.2, 0) is 8.85 Å². The van der Waals surface area contributed by atoms with Crippen molar-refractivity contribution in [3.8, 4) is 22.9 Å². The van der Waals surface area contributed by atoms with E-state index in [0.29, 0.717) is 12.2 Å². The van der Waals surface area contributed by atoms with Crippen LogP contribution in [0.4, 0.5) is 0 Å². The van der Waals surface area contributed by atoms with E-state index >= 15 is 0 Å². The fraction of sp³-hybridized carbons (Fsp3) is 0.409. The molecule has 0 atom stereocenters. The van der Waals surface area contributed by atoms with Gasteiger partial charge in [-0.25, -0.2) is 0 Å². The summed E-state index contributed by atoms with van der Waals surface area (Å²) in [4.78, 5) is 0. The molecule has 2 rings (SSSR count). The van der Waals surface area contributed by atoms with Crippen molar-refractivity contribution in [1.82, 2.24) is 0 Å². The topological polar surface area (TPSA) is 51.5 Å². The molecule has 0 aromatic heterocycles. The lowest BCUT2D eigenvalue weighted by Gasteiger charge is -2.16. The van der Waals surface area contributed by atoms with Crippen LogP contribution in [0.1, 0.15) is 38.7 Å². The second kappa shape index (κ2) is 12.3. The largest absolute Gasteiger partial charge is 0.494 e. The molecule has 0 aliphatic rings. The van der Waals surface area contributed by atoms with E-state index in [0.717, 1.165) is 55.4 Å². The molecule has 0 amide bonds. The van der Waals surface area contributed by atoms with Crippen LogP contribution in [-0.4, -0.2) is 29.1 Å². The molecular formula is C22H29NO3Si. The lowest BCUT2D eigenvalue weighted by atomic mass is 10.0. The molecule has 5 heteroatoms. The van der Waals surface area contributed by atoms with Gasteiger partial charge in [0.1, 0.15) is 5.75 Å². The number of benzene rings is 2. The van der Waals surface area contributed by atoms with E-state index < -0.39 is 9.28 Å². The number of nitriles is 1. The Balaban J connectivity index is 1.77. The van der Waals surface area contributed by atoms with Crippen molar-refractivity contribution in [1.29, 1.82) is 5.26 Å². The maximum Gasteiger partial charge on any atom is 0.321 e. The van der Waals surface area contributed by atoms with Gasteiger partial charge in [-0.2, -0.15) is 5.26 Å². The third-order valence-electron chi connectivity index (χ3n) is 4.07. The van der Waals surface area contributed by atoms with Crippen molar-refractivity contribution in [2.24, 2.45) is 0 Å². The molecule has 0 heterocycles. The molecule has 4 nitrogen and oxygen atoms in total. The van der Waals surface area contributed by atoms with Crippen LogP contribution in [0.5, 0.6) is 5.75 Å². The van der Waals surface area contributed by atoms with E-state index in [2.05, 4.69) is 19.9 Å². The Kier molecular flexibility index (Phi) is 9.64. The van der Waals surface area contributed by atoms with Crippen LogP contribution >= 0.6 is 0 Å². The smallest absolute Gasteiger partial charge is 0.321 e. The fourth-order valence-electron chi connectivity index (χ4n) is 2.63. The minimum Gasteiger partial charge on any atom is -0.494 e. The summed E-state index contributed by atoms with van der Waals surface area (Å²) in [5.41, 5.74) is 2.88. The first-order chi connectivity index (χ1) is 13.3. The molecule has 0 saturated carbocycles. The summed E-state index contributed by atoms with van der Waals surface area (Å²) in [6, 6.07) is 18.8. The molecule has 0 aliphatic carbocycles. The van der Waals surface area contributed by atoms with Crippen LogP contribution in [0.15, 0.2) is 48.5 Å². The fourth-order valence-corrected chi connectivity index (χ4v) is 4.56. The first-order valence-corrected chi connectivity index (χ1v) is 11.5. The van der Waals surface area contributed by atoms with Gasteiger partial charge in [-0.1, -0.05) is 38.1 Å². The van der Waals surface area contributed by atoms with Crippen LogP contribution in [0.2, 0.25) is 6.04 Å². The van der Waals surface area contributed by atoms with Gasteiger partial charge in [-0.3, -0.25) is 0 Å². The van der Waals surface area contributed by atoms with E-state index in [1.807, 2.05) is 48.5 Å². The van der Waals surface area contributed by atoms with E-state index in [4.69, 9.17) is 18.9 Å². The Morgan fingerprint density at radius 1 is 0.815 bits per heavy atom. The van der Waals surface area contributed by atoms with Crippen LogP contribution in [0.3, 0.4) is 0 Å². The van der Waals surface area contributed by atoms with Gasteiger partial charge in [0.25, 0.3) is 0 Å². The van der Waals surface area contributed by atoms with Crippen LogP contribution in [0, 0.1) is 11.3 Å². The molecule has 0 fully saturated rings. The Bertz CT molecular complexity index is 687. The second-order valence-electron chi connectivity index (χ2n) is 6.38. The summed E-state index contributed by atoms with van der Waals surface area (Å²) in [6.45, 7) is 6.49. The van der Waals surface area contributed by atoms with Gasteiger partial charge in [0.2, 0.25) is 0 Å². The van der Waals surface area contributed by atoms with Crippen molar-refractivity contribution >= 4 is 9.28 Å². The zero-order chi connectivity index (χ0) is 19.3. The van der Waals surface area contributed by atoms with Crippen molar-refractivity contribution in [2.45, 2.75) is 39.2 Å². The number of nitrogens with zero attached hydrogens (tertiary/aromatic N) is 1. The molecule has 0 unspecified atom stereocenters. The van der Waals surface area contributed by atoms with E-state index in [9.17, 15) is 0 Å². The molecule has 0 aliphatic heterocycles. The summed E-state index contributed by atoms with van der Waals surface area (Å²) in [5, 5.41) is 8.88. The quantitative estimate of drug-likeness (QED) is 0.379. The highest BCUT2D eigenvalue weighted by atomic mass is 28.3. The van der Waals surface area contributed by atoms with Crippen molar-refractivity contribution < 1.29 is 13.6 Å². The van der Waals surface area contributed by atoms with Crippen LogP contribution < -0.4 is 4.74 Å². The van der Waals surface area contributed by atoms with Gasteiger partial charge in [0.15, 0.2) is 0 Å². The molecule has 0 spiro atoms. The summed E-state index contributed by atoms with van der Waals surface area (Å²) < 4.78 is 17.6. The first kappa shape index (κ1) is 21.2. The van der Waals surface area contributed by atoms with Gasteiger partial charge in [-0.05, 0) is 60.7 Å². The second-order valence-corrected chi connectivity index (χ2v) is 8.48. The zero-order valence-corrected chi connectivity index (χ0v) is 17.5. The summed E-state index contributed by atoms with van der Waals surface area (Å²) in [6.07, 6.45) is 3.00. The third kappa shape index (κ3) is 7.55. The standard InChI is InChI=1S/C22H29NO3Si/c1-3-14-25-27(26-15-4-2)17-5-16-24-22-12-10-21(11-13-22)20-8-6-19(18-23)7-9-20/h6-13,27H,3-5,14-17H2,1-2H3. The molecule has 144 valence electrons. The van der Waals surface area contributed by atoms with Gasteiger partial charge in [-0.15, -0.1) is 0 Å². The van der Waals surface area contributed by atoms with Gasteiger partial charge in [0, 0.05) is 13.2 Å². The maximum absolute atomic E-state index is 8.88. The lowest BCUT2D eigenvalue weighted by molar-refractivity contribution is 0.193. The zero-order valence-electron chi connectivity index (χ0n) is 16.3. The Hall–Kier alpha value is -2.13. The molecule has 0 N–H and O–H groups in total. The monoisotopic (exact) mass is 383 g/mol. The minimum absolute atomic E-state index is 0.671. The highest BCUT2D eigenvalue weighted by molar-refractivity contribution is 6.44. The predicted molar refractivity (Wildman–Crippen MR) is 111 cm³/mol. The van der Waals surface area contributed by atoms with Gasteiger partial charge in [0.05, 0.1) is 18.2 Å². The number of ether oxygens (including phenoxy) is 1. The summed E-state index contributed by atoms with van der Waals surface area (Å²) in [5.74, 6) is 0.870. The summed E-state index contributed by atoms with van der Waals surface area (Å²) >= 11 is 0. The highest BCUT2D eigenvalue weighted by Crippen LogP contribution is 2.23. The maximum atomic E-state index is 8.88. The van der Waals surface area contributed by atoms with Crippen molar-refractivity contribution in [2.75, 3.05) is 19.8 Å². The highest BCUT2D eigenvalue weighted by Gasteiger charge is 2.12. The molecule has 27 heavy (non-hydrogen) atoms. The molecule has 2 aromatic carbocycles. The minimum atomic E-state index is -1.55. The van der Waals surface area contributed by atoms with Gasteiger partial charge >= 0.3 is 9.28 Å². The lowest BCUT2D eigenvalue weighted by Crippen LogP contribution is -2.24. The first-order valence-electron chi connectivity index (χ1n) is 9.73. The Morgan fingerprint density at radius 3 is 1.89 bits per heavy atom. The van der Waals surface area contributed by atoms with E-state index in [1.165, 1.54) is 0 Å². The van der Waals surface area contributed by atoms with Crippen molar-refractivity contribution in [3.63, 3.8) is 0 Å². The number of hydrogen-bond donors (Lipinski definition) is 0. The number of rotatable bonds is 12. The number of hydrogen-bond acceptors (Lipinski definition) is 4. The molecular weight excluding hydrogens is 354 g/mol. The molecule has 0 saturated heterocycles. The average Bonchev–Trinajstić information content (AvgIpc) is 2.73. The predicted octanol–water partition coefficient (Wildman–Crippen LogP) is 5.07. The Labute approximate surface area is 164 Å². The normalized spacial score (nSPS) is 10.7. The summed E-state index contributed by atoms with van der Waals surface area (Å²) in [7, 11) is -1.55. The van der Waals surface area contributed by atoms with Crippen LogP contribution in [0.25, 0.3) is 11.1 Å². The van der Waals surface area contributed by atoms with E-state index in [-0.39, 0.29) is 0 Å².